The Kier molecular flexibility index (Phi) is 3.27. The van der Waals surface area contributed by atoms with E-state index < -0.39 is 0 Å². The van der Waals surface area contributed by atoms with Gasteiger partial charge in [-0.25, -0.2) is 4.79 Å². The van der Waals surface area contributed by atoms with E-state index in [1.54, 1.807) is 13.0 Å². The molecule has 0 radical (unpaired) electrons. The maximum atomic E-state index is 11.4. The van der Waals surface area contributed by atoms with Gasteiger partial charge in [0.15, 0.2) is 0 Å². The number of nitrogens with zero attached hydrogens (tertiary/aromatic N) is 1. The molecule has 0 aromatic carbocycles. The number of carbonyl (C=O) groups is 2. The van der Waals surface area contributed by atoms with Crippen LogP contribution in [0.1, 0.15) is 18.5 Å². The Hall–Kier alpha value is -2.05. The number of carbonyl (C=O) groups excluding carboxylic acids is 2. The first-order valence-electron chi connectivity index (χ1n) is 5.41. The van der Waals surface area contributed by atoms with Gasteiger partial charge in [-0.15, -0.1) is 0 Å². The van der Waals surface area contributed by atoms with Gasteiger partial charge in [-0.1, -0.05) is 5.16 Å². The number of anilines is 1. The molecule has 2 rings (SSSR count). The van der Waals surface area contributed by atoms with Gasteiger partial charge in [-0.05, 0) is 13.3 Å². The number of hydrogen-bond donors (Lipinski definition) is 3. The molecule has 92 valence electrons. The fraction of sp³-hybridized carbons (Fsp3) is 0.500. The SMILES string of the molecule is Cc1cc(NC(=O)NC[C@H]2CCC(=O)N2)on1. The Balaban J connectivity index is 1.72. The lowest BCUT2D eigenvalue weighted by Crippen LogP contribution is -2.40. The molecule has 0 bridgehead atoms. The molecule has 0 saturated carbocycles. The fourth-order valence-electron chi connectivity index (χ4n) is 1.62. The second-order valence-corrected chi connectivity index (χ2v) is 3.97. The Morgan fingerprint density at radius 1 is 1.71 bits per heavy atom. The molecule has 1 saturated heterocycles. The molecule has 3 amide bonds. The Morgan fingerprint density at radius 2 is 2.53 bits per heavy atom. The summed E-state index contributed by atoms with van der Waals surface area (Å²) in [6.45, 7) is 2.17. The third-order valence-corrected chi connectivity index (χ3v) is 2.46. The highest BCUT2D eigenvalue weighted by Crippen LogP contribution is 2.08. The Morgan fingerprint density at radius 3 is 3.12 bits per heavy atom. The number of hydrogen-bond acceptors (Lipinski definition) is 4. The van der Waals surface area contributed by atoms with Crippen LogP contribution >= 0.6 is 0 Å². The molecule has 7 heteroatoms. The fourth-order valence-corrected chi connectivity index (χ4v) is 1.62. The zero-order valence-corrected chi connectivity index (χ0v) is 9.45. The minimum atomic E-state index is -0.373. The van der Waals surface area contributed by atoms with Crippen LogP contribution in [0.25, 0.3) is 0 Å². The highest BCUT2D eigenvalue weighted by Gasteiger charge is 2.20. The highest BCUT2D eigenvalue weighted by atomic mass is 16.5. The molecule has 1 aliphatic heterocycles. The lowest BCUT2D eigenvalue weighted by Gasteiger charge is -2.10. The van der Waals surface area contributed by atoms with Crippen molar-refractivity contribution in [3.63, 3.8) is 0 Å². The van der Waals surface area contributed by atoms with Crippen LogP contribution in [0.4, 0.5) is 10.7 Å². The van der Waals surface area contributed by atoms with Crippen LogP contribution in [0, 0.1) is 6.92 Å². The summed E-state index contributed by atoms with van der Waals surface area (Å²) in [6.07, 6.45) is 1.27. The average molecular weight is 238 g/mol. The normalized spacial score (nSPS) is 18.9. The molecule has 0 aliphatic carbocycles. The van der Waals surface area contributed by atoms with Gasteiger partial charge in [0.05, 0.1) is 5.69 Å². The second-order valence-electron chi connectivity index (χ2n) is 3.97. The molecule has 17 heavy (non-hydrogen) atoms. The van der Waals surface area contributed by atoms with E-state index in [0.29, 0.717) is 24.5 Å². The van der Waals surface area contributed by atoms with E-state index in [1.165, 1.54) is 0 Å². The van der Waals surface area contributed by atoms with Crippen LogP contribution < -0.4 is 16.0 Å². The molecule has 1 aliphatic rings. The van der Waals surface area contributed by atoms with Crippen LogP contribution in [-0.2, 0) is 4.79 Å². The molecule has 0 spiro atoms. The standard InChI is InChI=1S/C10H14N4O3/c1-6-4-9(17-14-6)13-10(16)11-5-7-2-3-8(15)12-7/h4,7H,2-3,5H2,1H3,(H,12,15)(H2,11,13,16)/t7-/m1/s1. The van der Waals surface area contributed by atoms with Crippen molar-refractivity contribution in [3.8, 4) is 0 Å². The highest BCUT2D eigenvalue weighted by molar-refractivity contribution is 5.87. The minimum absolute atomic E-state index is 0.0183. The monoisotopic (exact) mass is 238 g/mol. The second kappa shape index (κ2) is 4.86. The van der Waals surface area contributed by atoms with Crippen LogP contribution in [-0.4, -0.2) is 29.7 Å². The van der Waals surface area contributed by atoms with Crippen LogP contribution in [0.2, 0.25) is 0 Å². The number of amides is 3. The largest absolute Gasteiger partial charge is 0.352 e. The molecule has 7 nitrogen and oxygen atoms in total. The Labute approximate surface area is 97.9 Å². The van der Waals surface area contributed by atoms with Crippen molar-refractivity contribution < 1.29 is 14.1 Å². The van der Waals surface area contributed by atoms with E-state index in [1.807, 2.05) is 0 Å². The van der Waals surface area contributed by atoms with Crippen molar-refractivity contribution in [1.82, 2.24) is 15.8 Å². The summed E-state index contributed by atoms with van der Waals surface area (Å²) < 4.78 is 4.83. The molecule has 2 heterocycles. The minimum Gasteiger partial charge on any atom is -0.352 e. The molecule has 1 atom stereocenters. The summed E-state index contributed by atoms with van der Waals surface area (Å²) in [5.41, 5.74) is 0.698. The summed E-state index contributed by atoms with van der Waals surface area (Å²) in [7, 11) is 0. The van der Waals surface area contributed by atoms with Crippen LogP contribution in [0.5, 0.6) is 0 Å². The van der Waals surface area contributed by atoms with Crippen molar-refractivity contribution >= 4 is 17.8 Å². The van der Waals surface area contributed by atoms with Gasteiger partial charge >= 0.3 is 6.03 Å². The third-order valence-electron chi connectivity index (χ3n) is 2.46. The van der Waals surface area contributed by atoms with Crippen LogP contribution in [0.3, 0.4) is 0 Å². The first-order chi connectivity index (χ1) is 8.13. The maximum Gasteiger partial charge on any atom is 0.321 e. The summed E-state index contributed by atoms with van der Waals surface area (Å²) in [5.74, 6) is 0.332. The van der Waals surface area contributed by atoms with Crippen molar-refractivity contribution in [3.05, 3.63) is 11.8 Å². The average Bonchev–Trinajstić information content (AvgIpc) is 2.85. The smallest absolute Gasteiger partial charge is 0.321 e. The van der Waals surface area contributed by atoms with E-state index in [4.69, 9.17) is 4.52 Å². The molecule has 1 aromatic heterocycles. The van der Waals surface area contributed by atoms with Crippen molar-refractivity contribution in [2.24, 2.45) is 0 Å². The van der Waals surface area contributed by atoms with Crippen molar-refractivity contribution in [2.45, 2.75) is 25.8 Å². The molecular formula is C10H14N4O3. The van der Waals surface area contributed by atoms with Gasteiger partial charge in [0.2, 0.25) is 11.8 Å². The number of rotatable bonds is 3. The predicted octanol–water partition coefficient (Wildman–Crippen LogP) is 0.383. The summed E-state index contributed by atoms with van der Waals surface area (Å²) in [6, 6.07) is 1.27. The number of aromatic nitrogens is 1. The molecular weight excluding hydrogens is 224 g/mol. The molecule has 0 unspecified atom stereocenters. The third kappa shape index (κ3) is 3.20. The predicted molar refractivity (Wildman–Crippen MR) is 59.4 cm³/mol. The number of nitrogens with one attached hydrogen (secondary N) is 3. The van der Waals surface area contributed by atoms with E-state index in [-0.39, 0.29) is 18.0 Å². The van der Waals surface area contributed by atoms with E-state index in [2.05, 4.69) is 21.1 Å². The maximum absolute atomic E-state index is 11.4. The molecule has 3 N–H and O–H groups in total. The summed E-state index contributed by atoms with van der Waals surface area (Å²) in [5, 5.41) is 11.6. The number of aryl methyl sites for hydroxylation is 1. The van der Waals surface area contributed by atoms with Crippen LogP contribution in [0.15, 0.2) is 10.6 Å². The lowest BCUT2D eigenvalue weighted by molar-refractivity contribution is -0.119. The lowest BCUT2D eigenvalue weighted by atomic mass is 10.2. The van der Waals surface area contributed by atoms with Gasteiger partial charge in [-0.2, -0.15) is 0 Å². The molecule has 1 aromatic rings. The zero-order chi connectivity index (χ0) is 12.3. The van der Waals surface area contributed by atoms with Gasteiger partial charge < -0.3 is 15.2 Å². The van der Waals surface area contributed by atoms with Crippen molar-refractivity contribution in [1.29, 1.82) is 0 Å². The summed E-state index contributed by atoms with van der Waals surface area (Å²) >= 11 is 0. The quantitative estimate of drug-likeness (QED) is 0.709. The van der Waals surface area contributed by atoms with Gasteiger partial charge in [0.25, 0.3) is 0 Å². The molecule has 1 fully saturated rings. The van der Waals surface area contributed by atoms with Gasteiger partial charge in [-0.3, -0.25) is 10.1 Å². The van der Waals surface area contributed by atoms with E-state index in [0.717, 1.165) is 6.42 Å². The van der Waals surface area contributed by atoms with Crippen molar-refractivity contribution in [2.75, 3.05) is 11.9 Å². The van der Waals surface area contributed by atoms with E-state index >= 15 is 0 Å². The topological polar surface area (TPSA) is 96.3 Å². The van der Waals surface area contributed by atoms with Gasteiger partial charge in [0, 0.05) is 25.1 Å². The Bertz CT molecular complexity index is 429. The zero-order valence-electron chi connectivity index (χ0n) is 9.45. The van der Waals surface area contributed by atoms with E-state index in [9.17, 15) is 9.59 Å². The first kappa shape index (κ1) is 11.4. The first-order valence-corrected chi connectivity index (χ1v) is 5.41. The summed E-state index contributed by atoms with van der Waals surface area (Å²) in [4.78, 5) is 22.4. The number of urea groups is 1. The van der Waals surface area contributed by atoms with Gasteiger partial charge in [0.1, 0.15) is 0 Å².